The molecule has 2 aliphatic rings. The van der Waals surface area contributed by atoms with E-state index >= 15 is 0 Å². The number of halogens is 1. The number of nitrogens with zero attached hydrogens (tertiary/aromatic N) is 2. The Bertz CT molecular complexity index is 546. The van der Waals surface area contributed by atoms with Gasteiger partial charge in [-0.05, 0) is 63.9 Å². The lowest BCUT2D eigenvalue weighted by Crippen LogP contribution is -2.47. The normalized spacial score (nSPS) is 26.5. The van der Waals surface area contributed by atoms with E-state index in [9.17, 15) is 9.18 Å². The molecule has 0 N–H and O–H groups in total. The molecule has 0 spiro atoms. The molecule has 1 aromatic carbocycles. The number of rotatable bonds is 2. The van der Waals surface area contributed by atoms with Crippen molar-refractivity contribution < 1.29 is 9.18 Å². The molecule has 2 saturated heterocycles. The second kappa shape index (κ2) is 5.76. The highest BCUT2D eigenvalue weighted by Crippen LogP contribution is 2.30. The van der Waals surface area contributed by atoms with Crippen LogP contribution in [-0.4, -0.2) is 47.9 Å². The number of carbonyl (C=O) groups is 1. The summed E-state index contributed by atoms with van der Waals surface area (Å²) >= 11 is 0. The Morgan fingerprint density at radius 1 is 1.19 bits per heavy atom. The number of hydrogen-bond acceptors (Lipinski definition) is 2. The zero-order valence-corrected chi connectivity index (χ0v) is 12.8. The molecule has 0 unspecified atom stereocenters. The van der Waals surface area contributed by atoms with E-state index in [1.807, 2.05) is 11.8 Å². The third-order valence-electron chi connectivity index (χ3n) is 5.01. The number of likely N-dealkylation sites (N-methyl/N-ethyl adjacent to an activating group) is 1. The van der Waals surface area contributed by atoms with Gasteiger partial charge in [0.1, 0.15) is 5.82 Å². The molecule has 0 saturated carbocycles. The van der Waals surface area contributed by atoms with Crippen molar-refractivity contribution in [2.75, 3.05) is 20.1 Å². The van der Waals surface area contributed by atoms with E-state index in [4.69, 9.17) is 0 Å². The minimum absolute atomic E-state index is 0.00481. The molecule has 114 valence electrons. The number of likely N-dealkylation sites (tertiary alicyclic amines) is 2. The quantitative estimate of drug-likeness (QED) is 0.836. The van der Waals surface area contributed by atoms with E-state index in [-0.39, 0.29) is 17.8 Å². The fourth-order valence-corrected chi connectivity index (χ4v) is 3.85. The molecule has 0 radical (unpaired) electrons. The summed E-state index contributed by atoms with van der Waals surface area (Å²) in [6.45, 7) is 3.78. The van der Waals surface area contributed by atoms with Crippen molar-refractivity contribution in [2.45, 2.75) is 44.7 Å². The second-order valence-corrected chi connectivity index (χ2v) is 6.36. The van der Waals surface area contributed by atoms with Crippen molar-refractivity contribution in [3.05, 3.63) is 35.1 Å². The zero-order valence-electron chi connectivity index (χ0n) is 12.8. The van der Waals surface area contributed by atoms with Crippen molar-refractivity contribution >= 4 is 5.91 Å². The highest BCUT2D eigenvalue weighted by atomic mass is 19.1. The molecule has 0 aromatic heterocycles. The van der Waals surface area contributed by atoms with Gasteiger partial charge >= 0.3 is 0 Å². The van der Waals surface area contributed by atoms with Crippen LogP contribution in [0.25, 0.3) is 0 Å². The van der Waals surface area contributed by atoms with E-state index < -0.39 is 0 Å². The van der Waals surface area contributed by atoms with E-state index in [2.05, 4.69) is 11.9 Å². The average molecular weight is 290 g/mol. The van der Waals surface area contributed by atoms with E-state index in [1.54, 1.807) is 6.07 Å². The minimum Gasteiger partial charge on any atom is -0.334 e. The Morgan fingerprint density at radius 2 is 1.90 bits per heavy atom. The van der Waals surface area contributed by atoms with Gasteiger partial charge < -0.3 is 9.80 Å². The third kappa shape index (κ3) is 2.69. The van der Waals surface area contributed by atoms with Crippen LogP contribution < -0.4 is 0 Å². The zero-order chi connectivity index (χ0) is 15.0. The summed E-state index contributed by atoms with van der Waals surface area (Å²) in [6, 6.07) is 5.23. The fourth-order valence-electron chi connectivity index (χ4n) is 3.85. The first kappa shape index (κ1) is 14.5. The van der Waals surface area contributed by atoms with Crippen molar-refractivity contribution in [3.63, 3.8) is 0 Å². The summed E-state index contributed by atoms with van der Waals surface area (Å²) < 4.78 is 13.5. The molecule has 2 fully saturated rings. The molecule has 21 heavy (non-hydrogen) atoms. The molecule has 3 rings (SSSR count). The molecule has 1 amide bonds. The van der Waals surface area contributed by atoms with E-state index in [1.165, 1.54) is 18.6 Å². The van der Waals surface area contributed by atoms with Crippen molar-refractivity contribution in [2.24, 2.45) is 0 Å². The highest BCUT2D eigenvalue weighted by molar-refractivity contribution is 5.96. The van der Waals surface area contributed by atoms with Gasteiger partial charge in [0.2, 0.25) is 0 Å². The standard InChI is InChI=1S/C17H23FN2O/c1-12-7-8-13(18)11-14(12)17(21)20-10-4-6-16(20)15-5-3-9-19(15)2/h7-8,11,15-16H,3-6,9-10H2,1-2H3/t15-,16+/m1/s1. The molecule has 2 heterocycles. The smallest absolute Gasteiger partial charge is 0.254 e. The minimum atomic E-state index is -0.335. The molecule has 0 aliphatic carbocycles. The van der Waals surface area contributed by atoms with Gasteiger partial charge in [-0.25, -0.2) is 4.39 Å². The molecule has 2 atom stereocenters. The summed E-state index contributed by atoms with van der Waals surface area (Å²) in [5, 5.41) is 0. The Balaban J connectivity index is 1.84. The van der Waals surface area contributed by atoms with Gasteiger partial charge in [-0.15, -0.1) is 0 Å². The second-order valence-electron chi connectivity index (χ2n) is 6.36. The first-order chi connectivity index (χ1) is 10.1. The van der Waals surface area contributed by atoms with Gasteiger partial charge in [0.25, 0.3) is 5.91 Å². The first-order valence-electron chi connectivity index (χ1n) is 7.85. The molecule has 2 aliphatic heterocycles. The maximum atomic E-state index is 13.5. The van der Waals surface area contributed by atoms with Crippen LogP contribution in [0.3, 0.4) is 0 Å². The van der Waals surface area contributed by atoms with Gasteiger partial charge in [0.15, 0.2) is 0 Å². The third-order valence-corrected chi connectivity index (χ3v) is 5.01. The van der Waals surface area contributed by atoms with Crippen LogP contribution in [0.2, 0.25) is 0 Å². The summed E-state index contributed by atoms with van der Waals surface area (Å²) in [4.78, 5) is 17.2. The predicted molar refractivity (Wildman–Crippen MR) is 80.8 cm³/mol. The van der Waals surface area contributed by atoms with Gasteiger partial charge in [-0.3, -0.25) is 4.79 Å². The van der Waals surface area contributed by atoms with Crippen LogP contribution in [-0.2, 0) is 0 Å². The topological polar surface area (TPSA) is 23.6 Å². The molecular weight excluding hydrogens is 267 g/mol. The van der Waals surface area contributed by atoms with Gasteiger partial charge in [0, 0.05) is 24.2 Å². The molecule has 4 heteroatoms. The summed E-state index contributed by atoms with van der Waals surface area (Å²) in [6.07, 6.45) is 4.48. The van der Waals surface area contributed by atoms with Crippen molar-refractivity contribution in [3.8, 4) is 0 Å². The van der Waals surface area contributed by atoms with Gasteiger partial charge in [-0.1, -0.05) is 6.07 Å². The molecule has 1 aromatic rings. The molecule has 3 nitrogen and oxygen atoms in total. The fraction of sp³-hybridized carbons (Fsp3) is 0.588. The Hall–Kier alpha value is -1.42. The Labute approximate surface area is 125 Å². The van der Waals surface area contributed by atoms with Crippen LogP contribution in [0.4, 0.5) is 4.39 Å². The lowest BCUT2D eigenvalue weighted by atomic mass is 10.0. The van der Waals surface area contributed by atoms with Gasteiger partial charge in [0.05, 0.1) is 0 Å². The number of hydrogen-bond donors (Lipinski definition) is 0. The van der Waals surface area contributed by atoms with Gasteiger partial charge in [-0.2, -0.15) is 0 Å². The maximum absolute atomic E-state index is 13.5. The average Bonchev–Trinajstić information content (AvgIpc) is 3.08. The summed E-state index contributed by atoms with van der Waals surface area (Å²) in [5.41, 5.74) is 1.37. The van der Waals surface area contributed by atoms with Crippen molar-refractivity contribution in [1.82, 2.24) is 9.80 Å². The largest absolute Gasteiger partial charge is 0.334 e. The molecule has 0 bridgehead atoms. The van der Waals surface area contributed by atoms with Crippen LogP contribution in [0, 0.1) is 12.7 Å². The number of aryl methyl sites for hydroxylation is 1. The SMILES string of the molecule is Cc1ccc(F)cc1C(=O)N1CCC[C@H]1[C@H]1CCCN1C. The van der Waals surface area contributed by atoms with Crippen molar-refractivity contribution in [1.29, 1.82) is 0 Å². The maximum Gasteiger partial charge on any atom is 0.254 e. The van der Waals surface area contributed by atoms with Crippen LogP contribution in [0.1, 0.15) is 41.6 Å². The first-order valence-corrected chi connectivity index (χ1v) is 7.85. The highest BCUT2D eigenvalue weighted by Gasteiger charge is 2.38. The number of carbonyl (C=O) groups excluding carboxylic acids is 1. The van der Waals surface area contributed by atoms with Crippen LogP contribution >= 0.6 is 0 Å². The predicted octanol–water partition coefficient (Wildman–Crippen LogP) is 2.83. The number of benzene rings is 1. The van der Waals surface area contributed by atoms with E-state index in [0.717, 1.165) is 37.9 Å². The van der Waals surface area contributed by atoms with Crippen LogP contribution in [0.15, 0.2) is 18.2 Å². The Morgan fingerprint density at radius 3 is 2.62 bits per heavy atom. The summed E-state index contributed by atoms with van der Waals surface area (Å²) in [5.74, 6) is -0.340. The van der Waals surface area contributed by atoms with E-state index in [0.29, 0.717) is 11.6 Å². The summed E-state index contributed by atoms with van der Waals surface area (Å²) in [7, 11) is 2.14. The Kier molecular flexibility index (Phi) is 3.98. The lowest BCUT2D eigenvalue weighted by molar-refractivity contribution is 0.0663. The lowest BCUT2D eigenvalue weighted by Gasteiger charge is -2.33. The molecular formula is C17H23FN2O. The number of amides is 1. The monoisotopic (exact) mass is 290 g/mol. The van der Waals surface area contributed by atoms with Crippen LogP contribution in [0.5, 0.6) is 0 Å².